The molecule has 1 rings (SSSR count). The Kier molecular flexibility index (Phi) is 5.44. The summed E-state index contributed by atoms with van der Waals surface area (Å²) < 4.78 is 5.65. The molecule has 1 N–H and O–H groups in total. The lowest BCUT2D eigenvalue weighted by Gasteiger charge is -2.35. The van der Waals surface area contributed by atoms with Crippen LogP contribution in [0.15, 0.2) is 24.3 Å². The molecule has 0 saturated carbocycles. The van der Waals surface area contributed by atoms with Crippen molar-refractivity contribution < 1.29 is 4.74 Å². The third-order valence-electron chi connectivity index (χ3n) is 3.58. The van der Waals surface area contributed by atoms with Crippen LogP contribution in [0.25, 0.3) is 0 Å². The normalized spacial score (nSPS) is 16.5. The Morgan fingerprint density at radius 1 is 1.47 bits per heavy atom. The first-order valence-electron chi connectivity index (χ1n) is 6.02. The number of hydrogen-bond donors (Lipinski definition) is 1. The van der Waals surface area contributed by atoms with Crippen LogP contribution < -0.4 is 5.32 Å². The van der Waals surface area contributed by atoms with Crippen molar-refractivity contribution in [1.29, 1.82) is 0 Å². The van der Waals surface area contributed by atoms with Gasteiger partial charge >= 0.3 is 0 Å². The molecule has 0 aromatic heterocycles. The zero-order valence-corrected chi connectivity index (χ0v) is 11.8. The lowest BCUT2D eigenvalue weighted by Crippen LogP contribution is -2.49. The second kappa shape index (κ2) is 6.39. The lowest BCUT2D eigenvalue weighted by atomic mass is 9.88. The number of ether oxygens (including phenoxy) is 1. The minimum atomic E-state index is -0.156. The van der Waals surface area contributed by atoms with Crippen LogP contribution in [0, 0.1) is 0 Å². The van der Waals surface area contributed by atoms with Crippen LogP contribution >= 0.6 is 11.6 Å². The summed E-state index contributed by atoms with van der Waals surface area (Å²) in [6.45, 7) is 4.28. The molecule has 96 valence electrons. The second-order valence-corrected chi connectivity index (χ2v) is 4.98. The van der Waals surface area contributed by atoms with Gasteiger partial charge in [-0.3, -0.25) is 0 Å². The molecule has 0 aliphatic rings. The average Bonchev–Trinajstić information content (AvgIpc) is 2.35. The summed E-state index contributed by atoms with van der Waals surface area (Å²) in [5.41, 5.74) is 1.07. The Morgan fingerprint density at radius 2 is 2.18 bits per heavy atom. The number of halogens is 1. The number of nitrogens with one attached hydrogen (secondary N) is 1. The van der Waals surface area contributed by atoms with Gasteiger partial charge in [-0.1, -0.05) is 30.7 Å². The Balaban J connectivity index is 2.83. The Hall–Kier alpha value is -0.570. The van der Waals surface area contributed by atoms with Crippen molar-refractivity contribution in [2.45, 2.75) is 38.3 Å². The molecule has 0 bridgehead atoms. The van der Waals surface area contributed by atoms with Crippen LogP contribution in [0.5, 0.6) is 0 Å². The largest absolute Gasteiger partial charge is 0.377 e. The first-order chi connectivity index (χ1) is 8.05. The zero-order chi connectivity index (χ0) is 12.9. The minimum absolute atomic E-state index is 0.156. The number of hydrogen-bond acceptors (Lipinski definition) is 2. The molecule has 0 aliphatic heterocycles. The van der Waals surface area contributed by atoms with E-state index in [9.17, 15) is 0 Å². The summed E-state index contributed by atoms with van der Waals surface area (Å²) in [4.78, 5) is 0. The standard InChI is InChI=1S/C14H22ClNO/c1-5-14(2,17-4)13(16-3)10-11-7-6-8-12(15)9-11/h6-9,13,16H,5,10H2,1-4H3. The molecule has 0 fully saturated rings. The number of benzene rings is 1. The Morgan fingerprint density at radius 3 is 2.65 bits per heavy atom. The fourth-order valence-corrected chi connectivity index (χ4v) is 2.27. The summed E-state index contributed by atoms with van der Waals surface area (Å²) in [6.07, 6.45) is 1.88. The predicted octanol–water partition coefficient (Wildman–Crippen LogP) is 3.29. The zero-order valence-electron chi connectivity index (χ0n) is 11.1. The lowest BCUT2D eigenvalue weighted by molar-refractivity contribution is -0.0268. The van der Waals surface area contributed by atoms with E-state index in [1.54, 1.807) is 7.11 Å². The van der Waals surface area contributed by atoms with Crippen LogP contribution in [0.2, 0.25) is 5.02 Å². The maximum absolute atomic E-state index is 6.00. The Bertz CT molecular complexity index is 350. The van der Waals surface area contributed by atoms with Crippen LogP contribution in [0.1, 0.15) is 25.8 Å². The van der Waals surface area contributed by atoms with Crippen LogP contribution in [-0.2, 0) is 11.2 Å². The van der Waals surface area contributed by atoms with E-state index in [-0.39, 0.29) is 11.6 Å². The van der Waals surface area contributed by atoms with Gasteiger partial charge in [0.2, 0.25) is 0 Å². The molecule has 17 heavy (non-hydrogen) atoms. The molecule has 1 aromatic carbocycles. The van der Waals surface area contributed by atoms with Crippen molar-refractivity contribution in [1.82, 2.24) is 5.32 Å². The fraction of sp³-hybridized carbons (Fsp3) is 0.571. The van der Waals surface area contributed by atoms with Gasteiger partial charge in [0.15, 0.2) is 0 Å². The maximum Gasteiger partial charge on any atom is 0.0803 e. The monoisotopic (exact) mass is 255 g/mol. The fourth-order valence-electron chi connectivity index (χ4n) is 2.06. The summed E-state index contributed by atoms with van der Waals surface area (Å²) in [5, 5.41) is 4.13. The third kappa shape index (κ3) is 3.70. The van der Waals surface area contributed by atoms with Crippen LogP contribution in [0.4, 0.5) is 0 Å². The van der Waals surface area contributed by atoms with E-state index in [2.05, 4.69) is 25.2 Å². The van der Waals surface area contributed by atoms with Gasteiger partial charge in [-0.15, -0.1) is 0 Å². The first-order valence-corrected chi connectivity index (χ1v) is 6.40. The molecule has 3 heteroatoms. The Labute approximate surface area is 109 Å². The van der Waals surface area contributed by atoms with Crippen LogP contribution in [0.3, 0.4) is 0 Å². The SMILES string of the molecule is CCC(C)(OC)C(Cc1cccc(Cl)c1)NC. The summed E-state index contributed by atoms with van der Waals surface area (Å²) in [5.74, 6) is 0. The highest BCUT2D eigenvalue weighted by atomic mass is 35.5. The van der Waals surface area contributed by atoms with Crippen molar-refractivity contribution in [3.63, 3.8) is 0 Å². The van der Waals surface area contributed by atoms with Gasteiger partial charge in [0.25, 0.3) is 0 Å². The average molecular weight is 256 g/mol. The highest BCUT2D eigenvalue weighted by Crippen LogP contribution is 2.23. The highest BCUT2D eigenvalue weighted by Gasteiger charge is 2.31. The molecule has 0 radical (unpaired) electrons. The van der Waals surface area contributed by atoms with Gasteiger partial charge in [-0.05, 0) is 44.5 Å². The summed E-state index contributed by atoms with van der Waals surface area (Å²) in [7, 11) is 3.74. The van der Waals surface area contributed by atoms with Gasteiger partial charge in [0.1, 0.15) is 0 Å². The van der Waals surface area contributed by atoms with Gasteiger partial charge in [0, 0.05) is 18.2 Å². The van der Waals surface area contributed by atoms with Gasteiger partial charge < -0.3 is 10.1 Å². The van der Waals surface area contributed by atoms with E-state index in [0.29, 0.717) is 0 Å². The quantitative estimate of drug-likeness (QED) is 0.842. The molecule has 2 unspecified atom stereocenters. The van der Waals surface area contributed by atoms with Crippen molar-refractivity contribution >= 4 is 11.6 Å². The maximum atomic E-state index is 6.00. The van der Waals surface area contributed by atoms with E-state index >= 15 is 0 Å². The summed E-state index contributed by atoms with van der Waals surface area (Å²) in [6, 6.07) is 8.27. The number of rotatable bonds is 6. The molecule has 0 aliphatic carbocycles. The minimum Gasteiger partial charge on any atom is -0.377 e. The van der Waals surface area contributed by atoms with Gasteiger partial charge in [-0.2, -0.15) is 0 Å². The van der Waals surface area contributed by atoms with Gasteiger partial charge in [0.05, 0.1) is 5.60 Å². The van der Waals surface area contributed by atoms with E-state index < -0.39 is 0 Å². The van der Waals surface area contributed by atoms with E-state index in [0.717, 1.165) is 17.9 Å². The first kappa shape index (κ1) is 14.5. The van der Waals surface area contributed by atoms with Crippen molar-refractivity contribution in [2.24, 2.45) is 0 Å². The van der Waals surface area contributed by atoms with E-state index in [1.165, 1.54) is 5.56 Å². The molecular formula is C14H22ClNO. The van der Waals surface area contributed by atoms with Gasteiger partial charge in [-0.25, -0.2) is 0 Å². The van der Waals surface area contributed by atoms with E-state index in [4.69, 9.17) is 16.3 Å². The molecule has 0 heterocycles. The van der Waals surface area contributed by atoms with Crippen LogP contribution in [-0.4, -0.2) is 25.8 Å². The van der Waals surface area contributed by atoms with E-state index in [1.807, 2.05) is 25.2 Å². The molecular weight excluding hydrogens is 234 g/mol. The number of likely N-dealkylation sites (N-methyl/N-ethyl adjacent to an activating group) is 1. The molecule has 2 nitrogen and oxygen atoms in total. The number of methoxy groups -OCH3 is 1. The molecule has 1 aromatic rings. The smallest absolute Gasteiger partial charge is 0.0803 e. The molecule has 2 atom stereocenters. The predicted molar refractivity (Wildman–Crippen MR) is 73.7 cm³/mol. The molecule has 0 spiro atoms. The van der Waals surface area contributed by atoms with Crippen molar-refractivity contribution in [2.75, 3.05) is 14.2 Å². The second-order valence-electron chi connectivity index (χ2n) is 4.55. The van der Waals surface area contributed by atoms with Crippen molar-refractivity contribution in [3.8, 4) is 0 Å². The summed E-state index contributed by atoms with van der Waals surface area (Å²) >= 11 is 6.00. The topological polar surface area (TPSA) is 21.3 Å². The molecule has 0 amide bonds. The molecule has 0 saturated heterocycles. The highest BCUT2D eigenvalue weighted by molar-refractivity contribution is 6.30. The van der Waals surface area contributed by atoms with Crippen molar-refractivity contribution in [3.05, 3.63) is 34.9 Å². The third-order valence-corrected chi connectivity index (χ3v) is 3.82.